The lowest BCUT2D eigenvalue weighted by atomic mass is 10.3. The SMILES string of the molecule is CN(C)CCN(C(=O)CCCS(=O)(=O)c1ccc(F)cc1)c1nc2ccc([N+](=O)[O-])cc2s1. The molecule has 1 heterocycles. The maximum absolute atomic E-state index is 13.1. The molecule has 0 fully saturated rings. The van der Waals surface area contributed by atoms with Gasteiger partial charge in [-0.15, -0.1) is 0 Å². The Bertz CT molecular complexity index is 1260. The Labute approximate surface area is 194 Å². The van der Waals surface area contributed by atoms with Crippen LogP contribution in [0.2, 0.25) is 0 Å². The molecular weight excluding hydrogens is 471 g/mol. The molecule has 0 aliphatic carbocycles. The number of carbonyl (C=O) groups excluding carboxylic acids is 1. The number of nitro groups is 1. The predicted molar refractivity (Wildman–Crippen MR) is 125 cm³/mol. The van der Waals surface area contributed by atoms with Crippen molar-refractivity contribution in [3.05, 3.63) is 58.4 Å². The zero-order valence-corrected chi connectivity index (χ0v) is 19.7. The maximum Gasteiger partial charge on any atom is 0.270 e. The zero-order valence-electron chi connectivity index (χ0n) is 18.1. The van der Waals surface area contributed by atoms with E-state index >= 15 is 0 Å². The largest absolute Gasteiger partial charge is 0.308 e. The molecule has 0 radical (unpaired) electrons. The van der Waals surface area contributed by atoms with E-state index in [2.05, 4.69) is 4.98 Å². The van der Waals surface area contributed by atoms with E-state index in [1.807, 2.05) is 19.0 Å². The number of nitro benzene ring substituents is 1. The normalized spacial score (nSPS) is 11.8. The van der Waals surface area contributed by atoms with Crippen molar-refractivity contribution in [2.45, 2.75) is 17.7 Å². The minimum Gasteiger partial charge on any atom is -0.308 e. The van der Waals surface area contributed by atoms with Gasteiger partial charge in [0.1, 0.15) is 5.82 Å². The third kappa shape index (κ3) is 6.30. The average molecular weight is 495 g/mol. The van der Waals surface area contributed by atoms with Crippen LogP contribution in [0, 0.1) is 15.9 Å². The molecule has 1 amide bonds. The monoisotopic (exact) mass is 494 g/mol. The second-order valence-electron chi connectivity index (χ2n) is 7.63. The lowest BCUT2D eigenvalue weighted by Gasteiger charge is -2.22. The number of fused-ring (bicyclic) bond motifs is 1. The minimum absolute atomic E-state index is 0.00794. The van der Waals surface area contributed by atoms with Crippen LogP contribution >= 0.6 is 11.3 Å². The lowest BCUT2D eigenvalue weighted by Crippen LogP contribution is -2.36. The molecule has 0 bridgehead atoms. The molecule has 0 saturated carbocycles. The first kappa shape index (κ1) is 24.7. The first-order valence-electron chi connectivity index (χ1n) is 10.1. The van der Waals surface area contributed by atoms with Crippen LogP contribution in [0.4, 0.5) is 15.2 Å². The van der Waals surface area contributed by atoms with Gasteiger partial charge in [0.2, 0.25) is 5.91 Å². The predicted octanol–water partition coefficient (Wildman–Crippen LogP) is 3.49. The molecule has 0 atom stereocenters. The smallest absolute Gasteiger partial charge is 0.270 e. The molecule has 33 heavy (non-hydrogen) atoms. The highest BCUT2D eigenvalue weighted by atomic mass is 32.2. The van der Waals surface area contributed by atoms with E-state index in [-0.39, 0.29) is 35.1 Å². The van der Waals surface area contributed by atoms with Crippen LogP contribution in [-0.2, 0) is 14.6 Å². The standard InChI is InChI=1S/C21H23FN4O5S2/c1-24(2)11-12-25(21-23-18-10-7-16(26(28)29)14-19(18)32-21)20(27)4-3-13-33(30,31)17-8-5-15(22)6-9-17/h5-10,14H,3-4,11-13H2,1-2H3. The maximum atomic E-state index is 13.1. The van der Waals surface area contributed by atoms with Crippen molar-refractivity contribution in [1.29, 1.82) is 0 Å². The van der Waals surface area contributed by atoms with Crippen LogP contribution in [0.5, 0.6) is 0 Å². The number of benzene rings is 2. The Morgan fingerprint density at radius 3 is 2.48 bits per heavy atom. The fraction of sp³-hybridized carbons (Fsp3) is 0.333. The highest BCUT2D eigenvalue weighted by molar-refractivity contribution is 7.91. The molecule has 1 aromatic heterocycles. The van der Waals surface area contributed by atoms with Crippen molar-refractivity contribution in [3.8, 4) is 0 Å². The highest BCUT2D eigenvalue weighted by Crippen LogP contribution is 2.32. The molecular formula is C21H23FN4O5S2. The molecule has 3 rings (SSSR count). The summed E-state index contributed by atoms with van der Waals surface area (Å²) in [6.07, 6.45) is 0.0668. The van der Waals surface area contributed by atoms with E-state index in [1.165, 1.54) is 46.6 Å². The summed E-state index contributed by atoms with van der Waals surface area (Å²) in [5.41, 5.74) is 0.483. The van der Waals surface area contributed by atoms with E-state index < -0.39 is 20.6 Å². The number of halogens is 1. The van der Waals surface area contributed by atoms with Gasteiger partial charge in [0.05, 0.1) is 25.8 Å². The number of sulfone groups is 1. The number of carbonyl (C=O) groups is 1. The van der Waals surface area contributed by atoms with Gasteiger partial charge in [-0.05, 0) is 50.8 Å². The Hall–Kier alpha value is -2.96. The van der Waals surface area contributed by atoms with Crippen molar-refractivity contribution < 1.29 is 22.5 Å². The molecule has 0 aliphatic rings. The third-order valence-corrected chi connectivity index (χ3v) is 7.71. The van der Waals surface area contributed by atoms with Crippen molar-refractivity contribution in [3.63, 3.8) is 0 Å². The van der Waals surface area contributed by atoms with Crippen LogP contribution in [0.15, 0.2) is 47.4 Å². The number of amides is 1. The molecule has 0 N–H and O–H groups in total. The summed E-state index contributed by atoms with van der Waals surface area (Å²) in [5.74, 6) is -1.07. The third-order valence-electron chi connectivity index (χ3n) is 4.85. The number of thiazole rings is 1. The number of likely N-dealkylation sites (N-methyl/N-ethyl adjacent to an activating group) is 1. The van der Waals surface area contributed by atoms with Gasteiger partial charge in [0.15, 0.2) is 15.0 Å². The number of aromatic nitrogens is 1. The van der Waals surface area contributed by atoms with Crippen LogP contribution in [0.1, 0.15) is 12.8 Å². The van der Waals surface area contributed by atoms with Gasteiger partial charge in [0.25, 0.3) is 5.69 Å². The number of hydrogen-bond donors (Lipinski definition) is 0. The van der Waals surface area contributed by atoms with Crippen LogP contribution in [0.25, 0.3) is 10.2 Å². The first-order valence-corrected chi connectivity index (χ1v) is 12.5. The van der Waals surface area contributed by atoms with Crippen molar-refractivity contribution >= 4 is 48.1 Å². The molecule has 0 saturated heterocycles. The van der Waals surface area contributed by atoms with Gasteiger partial charge in [-0.2, -0.15) is 0 Å². The summed E-state index contributed by atoms with van der Waals surface area (Å²) < 4.78 is 38.6. The van der Waals surface area contributed by atoms with E-state index in [4.69, 9.17) is 0 Å². The summed E-state index contributed by atoms with van der Waals surface area (Å²) in [7, 11) is 0.0768. The Kier molecular flexibility index (Phi) is 7.72. The molecule has 12 heteroatoms. The molecule has 0 aliphatic heterocycles. The summed E-state index contributed by atoms with van der Waals surface area (Å²) in [6, 6.07) is 8.89. The van der Waals surface area contributed by atoms with Crippen molar-refractivity contribution in [2.75, 3.05) is 37.8 Å². The van der Waals surface area contributed by atoms with Crippen LogP contribution in [0.3, 0.4) is 0 Å². The van der Waals surface area contributed by atoms with Crippen molar-refractivity contribution in [2.24, 2.45) is 0 Å². The van der Waals surface area contributed by atoms with Gasteiger partial charge in [-0.25, -0.2) is 17.8 Å². The molecule has 3 aromatic rings. The number of hydrogen-bond acceptors (Lipinski definition) is 8. The Balaban J connectivity index is 1.74. The second-order valence-corrected chi connectivity index (χ2v) is 10.7. The second kappa shape index (κ2) is 10.3. The first-order chi connectivity index (χ1) is 15.6. The topological polar surface area (TPSA) is 114 Å². The molecule has 2 aromatic carbocycles. The number of nitrogens with zero attached hydrogens (tertiary/aromatic N) is 4. The minimum atomic E-state index is -3.64. The highest BCUT2D eigenvalue weighted by Gasteiger charge is 2.22. The van der Waals surface area contributed by atoms with E-state index in [0.29, 0.717) is 28.4 Å². The number of non-ortho nitro benzene ring substituents is 1. The average Bonchev–Trinajstić information content (AvgIpc) is 3.16. The molecule has 0 unspecified atom stereocenters. The van der Waals surface area contributed by atoms with E-state index in [1.54, 1.807) is 0 Å². The Morgan fingerprint density at radius 1 is 1.15 bits per heavy atom. The summed E-state index contributed by atoms with van der Waals surface area (Å²) in [6.45, 7) is 0.883. The van der Waals surface area contributed by atoms with E-state index in [0.717, 1.165) is 12.1 Å². The summed E-state index contributed by atoms with van der Waals surface area (Å²) >= 11 is 1.17. The quantitative estimate of drug-likeness (QED) is 0.241. The fourth-order valence-electron chi connectivity index (χ4n) is 3.07. The number of rotatable bonds is 10. The van der Waals surface area contributed by atoms with Crippen molar-refractivity contribution in [1.82, 2.24) is 9.88 Å². The van der Waals surface area contributed by atoms with Gasteiger partial charge in [-0.1, -0.05) is 11.3 Å². The molecule has 176 valence electrons. The number of anilines is 1. The van der Waals surface area contributed by atoms with Gasteiger partial charge < -0.3 is 4.90 Å². The Morgan fingerprint density at radius 2 is 1.85 bits per heavy atom. The van der Waals surface area contributed by atoms with Crippen LogP contribution < -0.4 is 4.90 Å². The molecule has 0 spiro atoms. The fourth-order valence-corrected chi connectivity index (χ4v) is 5.42. The summed E-state index contributed by atoms with van der Waals surface area (Å²) in [4.78, 5) is 31.4. The van der Waals surface area contributed by atoms with Gasteiger partial charge in [0, 0.05) is 31.6 Å². The van der Waals surface area contributed by atoms with Crippen LogP contribution in [-0.4, -0.2) is 62.1 Å². The summed E-state index contributed by atoms with van der Waals surface area (Å²) in [5, 5.41) is 11.4. The van der Waals surface area contributed by atoms with E-state index in [9.17, 15) is 27.7 Å². The molecule has 9 nitrogen and oxygen atoms in total. The zero-order chi connectivity index (χ0) is 24.2. The lowest BCUT2D eigenvalue weighted by molar-refractivity contribution is -0.384. The van der Waals surface area contributed by atoms with Gasteiger partial charge >= 0.3 is 0 Å². The van der Waals surface area contributed by atoms with Gasteiger partial charge in [-0.3, -0.25) is 19.8 Å².